The number of carboxylic acids is 1. The first kappa shape index (κ1) is 13.2. The summed E-state index contributed by atoms with van der Waals surface area (Å²) in [5.41, 5.74) is 6.30. The number of nitrogen functional groups attached to an aromatic ring is 1. The van der Waals surface area contributed by atoms with Crippen molar-refractivity contribution >= 4 is 35.1 Å². The lowest BCUT2D eigenvalue weighted by atomic mass is 10.2. The number of thioether (sulfide) groups is 1. The Labute approximate surface area is 114 Å². The summed E-state index contributed by atoms with van der Waals surface area (Å²) in [7, 11) is 0. The molecule has 19 heavy (non-hydrogen) atoms. The van der Waals surface area contributed by atoms with Gasteiger partial charge in [-0.1, -0.05) is 23.9 Å². The zero-order valence-corrected chi connectivity index (χ0v) is 10.9. The van der Waals surface area contributed by atoms with Crippen LogP contribution in [0.5, 0.6) is 0 Å². The molecule has 7 heteroatoms. The average molecular weight is 276 g/mol. The van der Waals surface area contributed by atoms with E-state index in [-0.39, 0.29) is 5.56 Å². The molecule has 0 saturated carbocycles. The summed E-state index contributed by atoms with van der Waals surface area (Å²) in [6, 6.07) is 8.15. The minimum absolute atomic E-state index is 0.172. The van der Waals surface area contributed by atoms with Crippen LogP contribution in [-0.4, -0.2) is 27.3 Å². The number of rotatable bonds is 4. The van der Waals surface area contributed by atoms with E-state index >= 15 is 0 Å². The smallest absolute Gasteiger partial charge is 0.337 e. The molecule has 4 N–H and O–H groups in total. The Morgan fingerprint density at radius 3 is 2.79 bits per heavy atom. The van der Waals surface area contributed by atoms with Crippen molar-refractivity contribution in [2.24, 2.45) is 0 Å². The van der Waals surface area contributed by atoms with E-state index in [1.807, 2.05) is 6.26 Å². The van der Waals surface area contributed by atoms with E-state index in [9.17, 15) is 4.79 Å². The van der Waals surface area contributed by atoms with Gasteiger partial charge in [-0.25, -0.2) is 14.8 Å². The molecule has 2 aromatic rings. The Bertz CT molecular complexity index is 618. The van der Waals surface area contributed by atoms with Crippen LogP contribution in [0.15, 0.2) is 35.5 Å². The Kier molecular flexibility index (Phi) is 3.86. The molecule has 98 valence electrons. The fourth-order valence-corrected chi connectivity index (χ4v) is 1.90. The van der Waals surface area contributed by atoms with Crippen molar-refractivity contribution in [1.82, 2.24) is 9.97 Å². The first-order valence-corrected chi connectivity index (χ1v) is 6.60. The molecule has 0 saturated heterocycles. The lowest BCUT2D eigenvalue weighted by Gasteiger charge is -2.09. The molecule has 0 aliphatic rings. The third-order valence-corrected chi connectivity index (χ3v) is 2.88. The molecular weight excluding hydrogens is 264 g/mol. The van der Waals surface area contributed by atoms with Gasteiger partial charge < -0.3 is 16.2 Å². The van der Waals surface area contributed by atoms with Crippen LogP contribution >= 0.6 is 11.8 Å². The monoisotopic (exact) mass is 276 g/mol. The number of anilines is 3. The van der Waals surface area contributed by atoms with E-state index in [0.717, 1.165) is 0 Å². The normalized spacial score (nSPS) is 10.2. The van der Waals surface area contributed by atoms with Gasteiger partial charge in [0.1, 0.15) is 11.6 Å². The highest BCUT2D eigenvalue weighted by molar-refractivity contribution is 7.98. The predicted octanol–water partition coefficient (Wildman–Crippen LogP) is 2.22. The number of para-hydroxylation sites is 1. The number of carboxylic acid groups (broad SMARTS) is 1. The number of aromatic nitrogens is 2. The van der Waals surface area contributed by atoms with Crippen LogP contribution < -0.4 is 11.1 Å². The molecule has 0 aliphatic carbocycles. The van der Waals surface area contributed by atoms with Crippen molar-refractivity contribution in [2.45, 2.75) is 5.16 Å². The summed E-state index contributed by atoms with van der Waals surface area (Å²) < 4.78 is 0. The SMILES string of the molecule is CSc1nc(N)cc(Nc2ccccc2C(=O)O)n1. The number of hydrogen-bond acceptors (Lipinski definition) is 6. The van der Waals surface area contributed by atoms with Gasteiger partial charge in [-0.3, -0.25) is 0 Å². The summed E-state index contributed by atoms with van der Waals surface area (Å²) in [6.07, 6.45) is 1.84. The maximum Gasteiger partial charge on any atom is 0.337 e. The number of nitrogens with two attached hydrogens (primary N) is 1. The largest absolute Gasteiger partial charge is 0.478 e. The van der Waals surface area contributed by atoms with Crippen molar-refractivity contribution in [3.05, 3.63) is 35.9 Å². The van der Waals surface area contributed by atoms with E-state index in [2.05, 4.69) is 15.3 Å². The third kappa shape index (κ3) is 3.14. The highest BCUT2D eigenvalue weighted by Crippen LogP contribution is 2.22. The Morgan fingerprint density at radius 1 is 1.37 bits per heavy atom. The van der Waals surface area contributed by atoms with Gasteiger partial charge in [-0.2, -0.15) is 0 Å². The molecule has 0 radical (unpaired) electrons. The van der Waals surface area contributed by atoms with Gasteiger partial charge >= 0.3 is 5.97 Å². The van der Waals surface area contributed by atoms with Crippen LogP contribution in [0.3, 0.4) is 0 Å². The van der Waals surface area contributed by atoms with Crippen molar-refractivity contribution in [1.29, 1.82) is 0 Å². The van der Waals surface area contributed by atoms with Crippen LogP contribution in [0.1, 0.15) is 10.4 Å². The number of benzene rings is 1. The first-order valence-electron chi connectivity index (χ1n) is 5.38. The number of carbonyl (C=O) groups is 1. The van der Waals surface area contributed by atoms with Gasteiger partial charge in [0.25, 0.3) is 0 Å². The highest BCUT2D eigenvalue weighted by atomic mass is 32.2. The summed E-state index contributed by atoms with van der Waals surface area (Å²) in [4.78, 5) is 19.3. The van der Waals surface area contributed by atoms with E-state index in [1.54, 1.807) is 24.3 Å². The lowest BCUT2D eigenvalue weighted by Crippen LogP contribution is -2.05. The van der Waals surface area contributed by atoms with Gasteiger partial charge in [0.15, 0.2) is 5.16 Å². The quantitative estimate of drug-likeness (QED) is 0.581. The van der Waals surface area contributed by atoms with Crippen molar-refractivity contribution < 1.29 is 9.90 Å². The van der Waals surface area contributed by atoms with E-state index in [0.29, 0.717) is 22.5 Å². The van der Waals surface area contributed by atoms with Crippen LogP contribution in [0, 0.1) is 0 Å². The minimum Gasteiger partial charge on any atom is -0.478 e. The Morgan fingerprint density at radius 2 is 2.11 bits per heavy atom. The van der Waals surface area contributed by atoms with Gasteiger partial charge in [0.05, 0.1) is 11.3 Å². The summed E-state index contributed by atoms with van der Waals surface area (Å²) in [5, 5.41) is 12.6. The molecule has 0 atom stereocenters. The predicted molar refractivity (Wildman–Crippen MR) is 74.9 cm³/mol. The van der Waals surface area contributed by atoms with Gasteiger partial charge in [0, 0.05) is 6.07 Å². The fourth-order valence-electron chi connectivity index (χ4n) is 1.52. The molecular formula is C12H12N4O2S. The van der Waals surface area contributed by atoms with E-state index in [4.69, 9.17) is 10.8 Å². The average Bonchev–Trinajstić information content (AvgIpc) is 2.38. The lowest BCUT2D eigenvalue weighted by molar-refractivity contribution is 0.0698. The van der Waals surface area contributed by atoms with Gasteiger partial charge in [-0.05, 0) is 18.4 Å². The zero-order valence-electron chi connectivity index (χ0n) is 10.1. The number of aromatic carboxylic acids is 1. The topological polar surface area (TPSA) is 101 Å². The molecule has 1 aromatic heterocycles. The van der Waals surface area contributed by atoms with Crippen molar-refractivity contribution in [3.63, 3.8) is 0 Å². The molecule has 1 aromatic carbocycles. The van der Waals surface area contributed by atoms with E-state index < -0.39 is 5.97 Å². The fraction of sp³-hybridized carbons (Fsp3) is 0.0833. The van der Waals surface area contributed by atoms with Crippen molar-refractivity contribution in [2.75, 3.05) is 17.3 Å². The highest BCUT2D eigenvalue weighted by Gasteiger charge is 2.10. The molecule has 0 spiro atoms. The first-order chi connectivity index (χ1) is 9.10. The molecule has 0 aliphatic heterocycles. The maximum atomic E-state index is 11.1. The summed E-state index contributed by atoms with van der Waals surface area (Å²) in [6.45, 7) is 0. The van der Waals surface area contributed by atoms with Crippen LogP contribution in [0.2, 0.25) is 0 Å². The Balaban J connectivity index is 2.36. The summed E-state index contributed by atoms with van der Waals surface area (Å²) >= 11 is 1.36. The minimum atomic E-state index is -1.00. The van der Waals surface area contributed by atoms with Crippen LogP contribution in [-0.2, 0) is 0 Å². The molecule has 6 nitrogen and oxygen atoms in total. The van der Waals surface area contributed by atoms with Gasteiger partial charge in [-0.15, -0.1) is 0 Å². The van der Waals surface area contributed by atoms with E-state index in [1.165, 1.54) is 17.8 Å². The molecule has 0 unspecified atom stereocenters. The second-order valence-electron chi connectivity index (χ2n) is 3.64. The molecule has 0 bridgehead atoms. The zero-order chi connectivity index (χ0) is 13.8. The summed E-state index contributed by atoms with van der Waals surface area (Å²) in [5.74, 6) is -0.213. The number of nitrogens with one attached hydrogen (secondary N) is 1. The third-order valence-electron chi connectivity index (χ3n) is 2.33. The second kappa shape index (κ2) is 5.57. The molecule has 0 fully saturated rings. The molecule has 1 heterocycles. The van der Waals surface area contributed by atoms with Crippen LogP contribution in [0.25, 0.3) is 0 Å². The maximum absolute atomic E-state index is 11.1. The number of nitrogens with zero attached hydrogens (tertiary/aromatic N) is 2. The standard InChI is InChI=1S/C12H12N4O2S/c1-19-12-15-9(13)6-10(16-12)14-8-5-3-2-4-7(8)11(17)18/h2-6H,1H3,(H,17,18)(H3,13,14,15,16). The number of hydrogen-bond donors (Lipinski definition) is 3. The molecule has 2 rings (SSSR count). The van der Waals surface area contributed by atoms with Crippen molar-refractivity contribution in [3.8, 4) is 0 Å². The van der Waals surface area contributed by atoms with Crippen LogP contribution in [0.4, 0.5) is 17.3 Å². The second-order valence-corrected chi connectivity index (χ2v) is 4.41. The molecule has 0 amide bonds. The Hall–Kier alpha value is -2.28. The van der Waals surface area contributed by atoms with Gasteiger partial charge in [0.2, 0.25) is 0 Å².